The minimum atomic E-state index is -1.50. The van der Waals surface area contributed by atoms with Gasteiger partial charge in [0.05, 0.1) is 4.92 Å². The summed E-state index contributed by atoms with van der Waals surface area (Å²) in [5.41, 5.74) is 1.23. The molecule has 0 aliphatic heterocycles. The van der Waals surface area contributed by atoms with Crippen molar-refractivity contribution in [2.45, 2.75) is 19.3 Å². The van der Waals surface area contributed by atoms with Crippen molar-refractivity contribution < 1.29 is 15.2 Å². The van der Waals surface area contributed by atoms with Crippen LogP contribution in [-0.4, -0.2) is 28.8 Å². The molecule has 0 spiro atoms. The first kappa shape index (κ1) is 16.8. The summed E-state index contributed by atoms with van der Waals surface area (Å²) in [6, 6.07) is 6.73. The van der Waals surface area contributed by atoms with E-state index in [1.165, 1.54) is 0 Å². The molecular weight excluding hydrogens is 254 g/mol. The maximum atomic E-state index is 10.5. The molecule has 2 N–H and O–H groups in total. The number of nitro benzene ring substituents is 1. The van der Waals surface area contributed by atoms with E-state index in [0.717, 1.165) is 12.1 Å². The van der Waals surface area contributed by atoms with E-state index < -0.39 is 5.09 Å². The Labute approximate surface area is 110 Å². The molecule has 0 aliphatic rings. The second kappa shape index (κ2) is 7.27. The van der Waals surface area contributed by atoms with Crippen LogP contribution < -0.4 is 5.32 Å². The summed E-state index contributed by atoms with van der Waals surface area (Å²) in [5, 5.41) is 27.2. The SMILES string of the molecule is CNCC(C)(C)c1ccc([N+](=O)[O-])cc1.O=[N+]([O-])O. The van der Waals surface area contributed by atoms with Crippen molar-refractivity contribution in [3.63, 3.8) is 0 Å². The molecule has 0 saturated heterocycles. The van der Waals surface area contributed by atoms with Crippen LogP contribution >= 0.6 is 0 Å². The molecule has 1 aromatic carbocycles. The van der Waals surface area contributed by atoms with E-state index in [2.05, 4.69) is 19.2 Å². The molecule has 0 radical (unpaired) electrons. The molecule has 19 heavy (non-hydrogen) atoms. The van der Waals surface area contributed by atoms with Gasteiger partial charge < -0.3 is 10.5 Å². The Kier molecular flexibility index (Phi) is 6.42. The monoisotopic (exact) mass is 271 g/mol. The number of nitrogens with one attached hydrogen (secondary N) is 1. The highest BCUT2D eigenvalue weighted by Gasteiger charge is 2.20. The maximum Gasteiger partial charge on any atom is 0.291 e. The van der Waals surface area contributed by atoms with Crippen molar-refractivity contribution in [2.75, 3.05) is 13.6 Å². The molecule has 0 bridgehead atoms. The van der Waals surface area contributed by atoms with Crippen molar-refractivity contribution in [2.24, 2.45) is 0 Å². The van der Waals surface area contributed by atoms with Gasteiger partial charge in [0.25, 0.3) is 10.8 Å². The van der Waals surface area contributed by atoms with Gasteiger partial charge in [0, 0.05) is 24.1 Å². The highest BCUT2D eigenvalue weighted by Crippen LogP contribution is 2.24. The molecule has 0 unspecified atom stereocenters. The standard InChI is InChI=1S/C11H16N2O2.HNO3/c1-11(2,8-12-3)9-4-6-10(7-5-9)13(14)15;2-1(3)4/h4-7,12H,8H2,1-3H3;(H,2,3,4). The van der Waals surface area contributed by atoms with E-state index in [1.807, 2.05) is 19.2 Å². The predicted molar refractivity (Wildman–Crippen MR) is 68.8 cm³/mol. The number of non-ortho nitro benzene ring substituents is 1. The first-order chi connectivity index (χ1) is 8.70. The molecule has 0 saturated carbocycles. The summed E-state index contributed by atoms with van der Waals surface area (Å²) >= 11 is 0. The van der Waals surface area contributed by atoms with Gasteiger partial charge in [-0.2, -0.15) is 0 Å². The molecule has 8 nitrogen and oxygen atoms in total. The second-order valence-corrected chi connectivity index (χ2v) is 4.46. The fraction of sp³-hybridized carbons (Fsp3) is 0.455. The van der Waals surface area contributed by atoms with E-state index in [1.54, 1.807) is 12.1 Å². The Morgan fingerprint density at radius 2 is 1.63 bits per heavy atom. The Balaban J connectivity index is 0.000000711. The highest BCUT2D eigenvalue weighted by atomic mass is 16.9. The Bertz CT molecular complexity index is 426. The lowest BCUT2D eigenvalue weighted by molar-refractivity contribution is -0.742. The van der Waals surface area contributed by atoms with Crippen LogP contribution in [0.5, 0.6) is 0 Å². The summed E-state index contributed by atoms with van der Waals surface area (Å²) in [5.74, 6) is 0. The zero-order valence-corrected chi connectivity index (χ0v) is 11.0. The summed E-state index contributed by atoms with van der Waals surface area (Å²) in [7, 11) is 1.90. The molecule has 0 amide bonds. The van der Waals surface area contributed by atoms with Crippen LogP contribution in [0.25, 0.3) is 0 Å². The van der Waals surface area contributed by atoms with E-state index in [0.29, 0.717) is 0 Å². The quantitative estimate of drug-likeness (QED) is 0.636. The maximum absolute atomic E-state index is 10.5. The summed E-state index contributed by atoms with van der Waals surface area (Å²) in [6.45, 7) is 5.04. The minimum absolute atomic E-state index is 0.0100. The van der Waals surface area contributed by atoms with E-state index in [4.69, 9.17) is 15.3 Å². The smallest absolute Gasteiger partial charge is 0.291 e. The number of benzene rings is 1. The molecule has 106 valence electrons. The van der Waals surface area contributed by atoms with Crippen molar-refractivity contribution in [1.29, 1.82) is 0 Å². The summed E-state index contributed by atoms with van der Waals surface area (Å²) in [6.07, 6.45) is 0. The normalized spacial score (nSPS) is 10.3. The van der Waals surface area contributed by atoms with E-state index in [-0.39, 0.29) is 16.0 Å². The molecule has 0 aliphatic carbocycles. The third-order valence-corrected chi connectivity index (χ3v) is 2.48. The molecule has 1 rings (SSSR count). The number of rotatable bonds is 4. The van der Waals surface area contributed by atoms with Crippen molar-refractivity contribution in [1.82, 2.24) is 5.32 Å². The van der Waals surface area contributed by atoms with Gasteiger partial charge in [-0.15, -0.1) is 10.1 Å². The van der Waals surface area contributed by atoms with Gasteiger partial charge in [0.2, 0.25) is 0 Å². The largest absolute Gasteiger partial charge is 0.328 e. The average Bonchev–Trinajstić information content (AvgIpc) is 2.28. The Morgan fingerprint density at radius 1 is 1.21 bits per heavy atom. The van der Waals surface area contributed by atoms with Crippen molar-refractivity contribution >= 4 is 5.69 Å². The summed E-state index contributed by atoms with van der Waals surface area (Å²) < 4.78 is 0. The van der Waals surface area contributed by atoms with Crippen molar-refractivity contribution in [3.05, 3.63) is 50.1 Å². The number of hydrogen-bond donors (Lipinski definition) is 2. The minimum Gasteiger partial charge on any atom is -0.328 e. The van der Waals surface area contributed by atoms with Crippen LogP contribution in [0.2, 0.25) is 0 Å². The molecule has 0 atom stereocenters. The highest BCUT2D eigenvalue weighted by molar-refractivity contribution is 5.36. The Morgan fingerprint density at radius 3 is 1.95 bits per heavy atom. The first-order valence-electron chi connectivity index (χ1n) is 5.43. The third kappa shape index (κ3) is 6.32. The summed E-state index contributed by atoms with van der Waals surface area (Å²) in [4.78, 5) is 18.5. The predicted octanol–water partition coefficient (Wildman–Crippen LogP) is 1.74. The van der Waals surface area contributed by atoms with Gasteiger partial charge in [0.15, 0.2) is 0 Å². The van der Waals surface area contributed by atoms with Crippen molar-refractivity contribution in [3.8, 4) is 0 Å². The molecule has 0 fully saturated rings. The average molecular weight is 271 g/mol. The van der Waals surface area contributed by atoms with Gasteiger partial charge >= 0.3 is 0 Å². The second-order valence-electron chi connectivity index (χ2n) is 4.46. The first-order valence-corrected chi connectivity index (χ1v) is 5.43. The van der Waals surface area contributed by atoms with E-state index in [9.17, 15) is 10.1 Å². The zero-order valence-electron chi connectivity index (χ0n) is 11.0. The fourth-order valence-electron chi connectivity index (χ4n) is 1.58. The number of nitro groups is 1. The van der Waals surface area contributed by atoms with Crippen LogP contribution in [0.4, 0.5) is 5.69 Å². The lowest BCUT2D eigenvalue weighted by Gasteiger charge is -2.24. The Hall–Kier alpha value is -2.22. The van der Waals surface area contributed by atoms with Crippen LogP contribution in [-0.2, 0) is 5.41 Å². The third-order valence-electron chi connectivity index (χ3n) is 2.48. The molecule has 1 aromatic rings. The molecule has 0 heterocycles. The fourth-order valence-corrected chi connectivity index (χ4v) is 1.58. The molecule has 8 heteroatoms. The van der Waals surface area contributed by atoms with Crippen LogP contribution in [0.15, 0.2) is 24.3 Å². The van der Waals surface area contributed by atoms with Gasteiger partial charge in [0.1, 0.15) is 0 Å². The van der Waals surface area contributed by atoms with Gasteiger partial charge in [-0.3, -0.25) is 10.1 Å². The molecule has 0 aromatic heterocycles. The lowest BCUT2D eigenvalue weighted by atomic mass is 9.84. The van der Waals surface area contributed by atoms with Gasteiger partial charge in [-0.05, 0) is 12.6 Å². The van der Waals surface area contributed by atoms with Crippen LogP contribution in [0.3, 0.4) is 0 Å². The van der Waals surface area contributed by atoms with E-state index >= 15 is 0 Å². The van der Waals surface area contributed by atoms with Gasteiger partial charge in [-0.1, -0.05) is 26.0 Å². The topological polar surface area (TPSA) is 119 Å². The van der Waals surface area contributed by atoms with Crippen LogP contribution in [0, 0.1) is 20.2 Å². The number of likely N-dealkylation sites (N-methyl/N-ethyl adjacent to an activating group) is 1. The lowest BCUT2D eigenvalue weighted by Crippen LogP contribution is -2.30. The zero-order chi connectivity index (χ0) is 15.1. The van der Waals surface area contributed by atoms with Gasteiger partial charge in [-0.25, -0.2) is 0 Å². The molecular formula is C11H17N3O5. The number of hydrogen-bond acceptors (Lipinski definition) is 5. The number of nitrogens with zero attached hydrogens (tertiary/aromatic N) is 2. The van der Waals surface area contributed by atoms with Crippen LogP contribution in [0.1, 0.15) is 19.4 Å².